The Balaban J connectivity index is 1.41. The van der Waals surface area contributed by atoms with Gasteiger partial charge in [0.2, 0.25) is 0 Å². The van der Waals surface area contributed by atoms with Gasteiger partial charge < -0.3 is 15.2 Å². The molecule has 31 heavy (non-hydrogen) atoms. The quantitative estimate of drug-likeness (QED) is 0.425. The molecule has 3 aromatic heterocycles. The van der Waals surface area contributed by atoms with Gasteiger partial charge in [-0.15, -0.1) is 0 Å². The van der Waals surface area contributed by atoms with Crippen LogP contribution in [-0.4, -0.2) is 40.0 Å². The van der Waals surface area contributed by atoms with E-state index in [0.717, 1.165) is 51.8 Å². The van der Waals surface area contributed by atoms with Crippen LogP contribution < -0.4 is 5.32 Å². The summed E-state index contributed by atoms with van der Waals surface area (Å²) in [6, 6.07) is 18.3. The van der Waals surface area contributed by atoms with Gasteiger partial charge in [0.05, 0.1) is 5.69 Å². The van der Waals surface area contributed by atoms with Gasteiger partial charge in [0, 0.05) is 40.3 Å². The van der Waals surface area contributed by atoms with E-state index in [4.69, 9.17) is 16.6 Å². The number of rotatable bonds is 5. The number of hydrogen-bond donors (Lipinski definition) is 2. The highest BCUT2D eigenvalue weighted by atomic mass is 35.5. The second kappa shape index (κ2) is 8.69. The van der Waals surface area contributed by atoms with E-state index in [1.54, 1.807) is 0 Å². The Morgan fingerprint density at radius 2 is 1.94 bits per heavy atom. The molecule has 1 aliphatic rings. The molecule has 0 saturated carbocycles. The van der Waals surface area contributed by atoms with Crippen molar-refractivity contribution in [2.45, 2.75) is 25.3 Å². The second-order valence-electron chi connectivity index (χ2n) is 8.28. The maximum Gasteiger partial charge on any atom is 0.138 e. The molecule has 0 unspecified atom stereocenters. The van der Waals surface area contributed by atoms with Crippen molar-refractivity contribution in [2.75, 3.05) is 25.5 Å². The van der Waals surface area contributed by atoms with Gasteiger partial charge in [0.25, 0.3) is 0 Å². The molecule has 0 aliphatic carbocycles. The van der Waals surface area contributed by atoms with Crippen molar-refractivity contribution in [3.63, 3.8) is 0 Å². The van der Waals surface area contributed by atoms with Crippen LogP contribution in [0.3, 0.4) is 0 Å². The molecule has 6 heteroatoms. The lowest BCUT2D eigenvalue weighted by molar-refractivity contribution is 0.254. The normalized spacial score (nSPS) is 15.4. The maximum absolute atomic E-state index is 6.28. The summed E-state index contributed by atoms with van der Waals surface area (Å²) in [6.07, 6.45) is 4.22. The van der Waals surface area contributed by atoms with Crippen LogP contribution in [0.25, 0.3) is 22.3 Å². The zero-order valence-electron chi connectivity index (χ0n) is 17.6. The monoisotopic (exact) mass is 431 g/mol. The van der Waals surface area contributed by atoms with Gasteiger partial charge >= 0.3 is 0 Å². The summed E-state index contributed by atoms with van der Waals surface area (Å²) in [7, 11) is 2.19. The smallest absolute Gasteiger partial charge is 0.138 e. The highest BCUT2D eigenvalue weighted by Crippen LogP contribution is 2.33. The van der Waals surface area contributed by atoms with Gasteiger partial charge in [-0.25, -0.2) is 9.97 Å². The Morgan fingerprint density at radius 1 is 1.10 bits per heavy atom. The molecule has 0 spiro atoms. The lowest BCUT2D eigenvalue weighted by Crippen LogP contribution is -2.29. The SMILES string of the molecule is CN1CCC(c2cc3c(-c4cccc(NCc5ccccc5Cl)n4)ccnc3[nH]2)CC1. The predicted molar refractivity (Wildman–Crippen MR) is 128 cm³/mol. The number of fused-ring (bicyclic) bond motifs is 1. The average molecular weight is 432 g/mol. The van der Waals surface area contributed by atoms with Crippen molar-refractivity contribution >= 4 is 28.5 Å². The summed E-state index contributed by atoms with van der Waals surface area (Å²) in [5, 5.41) is 5.29. The molecule has 5 rings (SSSR count). The number of likely N-dealkylation sites (tertiary alicyclic amines) is 1. The van der Waals surface area contributed by atoms with Crippen LogP contribution in [0.2, 0.25) is 5.02 Å². The predicted octanol–water partition coefficient (Wildman–Crippen LogP) is 5.70. The minimum Gasteiger partial charge on any atom is -0.366 e. The van der Waals surface area contributed by atoms with Crippen molar-refractivity contribution in [2.24, 2.45) is 0 Å². The molecular formula is C25H26ClN5. The Hall–Kier alpha value is -2.89. The molecule has 4 aromatic rings. The summed E-state index contributed by atoms with van der Waals surface area (Å²) in [5.74, 6) is 1.39. The van der Waals surface area contributed by atoms with Crippen molar-refractivity contribution < 1.29 is 0 Å². The third kappa shape index (κ3) is 4.29. The number of nitrogens with zero attached hydrogens (tertiary/aromatic N) is 3. The van der Waals surface area contributed by atoms with Crippen LogP contribution in [-0.2, 0) is 6.54 Å². The van der Waals surface area contributed by atoms with Crippen LogP contribution in [0.4, 0.5) is 5.82 Å². The fourth-order valence-electron chi connectivity index (χ4n) is 4.32. The molecular weight excluding hydrogens is 406 g/mol. The van der Waals surface area contributed by atoms with E-state index in [2.05, 4.69) is 45.4 Å². The molecule has 1 saturated heterocycles. The number of anilines is 1. The maximum atomic E-state index is 6.28. The minimum absolute atomic E-state index is 0.565. The van der Waals surface area contributed by atoms with Crippen molar-refractivity contribution in [3.05, 3.63) is 77.1 Å². The highest BCUT2D eigenvalue weighted by molar-refractivity contribution is 6.31. The minimum atomic E-state index is 0.565. The number of H-pyrrole nitrogens is 1. The summed E-state index contributed by atoms with van der Waals surface area (Å²) >= 11 is 6.28. The van der Waals surface area contributed by atoms with Gasteiger partial charge in [-0.05, 0) is 68.9 Å². The van der Waals surface area contributed by atoms with Crippen molar-refractivity contribution in [1.29, 1.82) is 0 Å². The zero-order valence-corrected chi connectivity index (χ0v) is 18.4. The third-order valence-electron chi connectivity index (χ3n) is 6.15. The first-order valence-corrected chi connectivity index (χ1v) is 11.2. The number of aromatic amines is 1. The molecule has 0 bridgehead atoms. The zero-order chi connectivity index (χ0) is 21.2. The average Bonchev–Trinajstić information content (AvgIpc) is 3.24. The van der Waals surface area contributed by atoms with Crippen molar-refractivity contribution in [3.8, 4) is 11.3 Å². The Morgan fingerprint density at radius 3 is 2.77 bits per heavy atom. The Labute approximate surface area is 187 Å². The molecule has 0 atom stereocenters. The molecule has 1 aromatic carbocycles. The number of halogens is 1. The van der Waals surface area contributed by atoms with E-state index < -0.39 is 0 Å². The van der Waals surface area contributed by atoms with E-state index in [1.165, 1.54) is 18.5 Å². The highest BCUT2D eigenvalue weighted by Gasteiger charge is 2.21. The van der Waals surface area contributed by atoms with E-state index in [9.17, 15) is 0 Å². The van der Waals surface area contributed by atoms with Gasteiger partial charge in [-0.3, -0.25) is 0 Å². The lowest BCUT2D eigenvalue weighted by atomic mass is 9.93. The fraction of sp³-hybridized carbons (Fsp3) is 0.280. The first-order chi connectivity index (χ1) is 15.2. The number of piperidine rings is 1. The number of hydrogen-bond acceptors (Lipinski definition) is 4. The molecule has 0 radical (unpaired) electrons. The van der Waals surface area contributed by atoms with Crippen LogP contribution >= 0.6 is 11.6 Å². The topological polar surface area (TPSA) is 56.8 Å². The van der Waals surface area contributed by atoms with Gasteiger partial charge in [0.1, 0.15) is 11.5 Å². The number of pyridine rings is 2. The van der Waals surface area contributed by atoms with Gasteiger partial charge in [0.15, 0.2) is 0 Å². The van der Waals surface area contributed by atoms with E-state index >= 15 is 0 Å². The third-order valence-corrected chi connectivity index (χ3v) is 6.52. The molecule has 4 heterocycles. The first-order valence-electron chi connectivity index (χ1n) is 10.8. The summed E-state index contributed by atoms with van der Waals surface area (Å²) in [4.78, 5) is 15.4. The first kappa shape index (κ1) is 20.0. The summed E-state index contributed by atoms with van der Waals surface area (Å²) in [5.41, 5.74) is 5.31. The van der Waals surface area contributed by atoms with Crippen LogP contribution in [0.1, 0.15) is 30.0 Å². The molecule has 1 fully saturated rings. The second-order valence-corrected chi connectivity index (χ2v) is 8.68. The Kier molecular flexibility index (Phi) is 5.62. The van der Waals surface area contributed by atoms with E-state index in [0.29, 0.717) is 12.5 Å². The van der Waals surface area contributed by atoms with Gasteiger partial charge in [-0.2, -0.15) is 0 Å². The Bertz CT molecular complexity index is 1190. The van der Waals surface area contributed by atoms with Crippen LogP contribution in [0, 0.1) is 0 Å². The molecule has 5 nitrogen and oxygen atoms in total. The van der Waals surface area contributed by atoms with E-state index in [1.807, 2.05) is 42.6 Å². The fourth-order valence-corrected chi connectivity index (χ4v) is 4.52. The molecule has 0 amide bonds. The molecule has 1 aliphatic heterocycles. The molecule has 2 N–H and O–H groups in total. The lowest BCUT2D eigenvalue weighted by Gasteiger charge is -2.28. The standard InChI is InChI=1S/C25H26ClN5/c1-31-13-10-17(11-14-31)23-15-20-19(9-12-27-25(20)30-23)22-7-4-8-24(29-22)28-16-18-5-2-3-6-21(18)26/h2-9,12,15,17H,10-11,13-14,16H2,1H3,(H,27,30)(H,28,29). The summed E-state index contributed by atoms with van der Waals surface area (Å²) in [6.45, 7) is 2.91. The van der Waals surface area contributed by atoms with Crippen LogP contribution in [0.5, 0.6) is 0 Å². The van der Waals surface area contributed by atoms with Gasteiger partial charge in [-0.1, -0.05) is 35.9 Å². The van der Waals surface area contributed by atoms with Crippen LogP contribution in [0.15, 0.2) is 60.8 Å². The number of benzene rings is 1. The number of nitrogens with one attached hydrogen (secondary N) is 2. The van der Waals surface area contributed by atoms with E-state index in [-0.39, 0.29) is 0 Å². The summed E-state index contributed by atoms with van der Waals surface area (Å²) < 4.78 is 0. The number of aromatic nitrogens is 3. The largest absolute Gasteiger partial charge is 0.366 e. The molecule has 158 valence electrons. The van der Waals surface area contributed by atoms with Crippen molar-refractivity contribution in [1.82, 2.24) is 19.9 Å².